The maximum absolute atomic E-state index is 12.9. The summed E-state index contributed by atoms with van der Waals surface area (Å²) in [4.78, 5) is 47.3. The number of nitrogens with zero attached hydrogens (tertiary/aromatic N) is 4. The average molecular weight is 518 g/mol. The predicted molar refractivity (Wildman–Crippen MR) is 129 cm³/mol. The molecule has 3 aromatic rings. The van der Waals surface area contributed by atoms with Crippen LogP contribution in [0.1, 0.15) is 43.8 Å². The van der Waals surface area contributed by atoms with Crippen LogP contribution in [0.25, 0.3) is 11.0 Å². The van der Waals surface area contributed by atoms with Crippen molar-refractivity contribution in [2.45, 2.75) is 43.0 Å². The summed E-state index contributed by atoms with van der Waals surface area (Å²) in [5.41, 5.74) is 0.130. The first-order valence-electron chi connectivity index (χ1n) is 10.5. The molecule has 4 rings (SSSR count). The molecule has 0 atom stereocenters. The van der Waals surface area contributed by atoms with Crippen molar-refractivity contribution < 1.29 is 4.79 Å². The molecule has 1 aliphatic rings. The Kier molecular flexibility index (Phi) is 6.80. The van der Waals surface area contributed by atoms with Gasteiger partial charge in [0.05, 0.1) is 5.75 Å². The molecule has 1 fully saturated rings. The van der Waals surface area contributed by atoms with Crippen LogP contribution >= 0.6 is 27.7 Å². The van der Waals surface area contributed by atoms with Crippen LogP contribution in [0.4, 0.5) is 5.69 Å². The third kappa shape index (κ3) is 4.66. The van der Waals surface area contributed by atoms with Crippen molar-refractivity contribution in [3.05, 3.63) is 55.4 Å². The van der Waals surface area contributed by atoms with Crippen LogP contribution < -0.4 is 16.6 Å². The van der Waals surface area contributed by atoms with Gasteiger partial charge in [0.15, 0.2) is 5.65 Å². The summed E-state index contributed by atoms with van der Waals surface area (Å²) >= 11 is 4.57. The highest BCUT2D eigenvalue weighted by Crippen LogP contribution is 2.33. The van der Waals surface area contributed by atoms with E-state index in [-0.39, 0.29) is 23.0 Å². The SMILES string of the molecule is Cn1c(=O)c2c(SCC(=O)Nc3ccc(Br)cc3)nc(C3CCCCC3)nc2n(C)c1=O. The van der Waals surface area contributed by atoms with Crippen LogP contribution in [0.15, 0.2) is 43.4 Å². The number of benzene rings is 1. The Morgan fingerprint density at radius 1 is 1.09 bits per heavy atom. The van der Waals surface area contributed by atoms with Gasteiger partial charge in [0.2, 0.25) is 5.91 Å². The van der Waals surface area contributed by atoms with Gasteiger partial charge in [0.1, 0.15) is 16.2 Å². The van der Waals surface area contributed by atoms with Crippen molar-refractivity contribution in [1.82, 2.24) is 19.1 Å². The molecule has 0 saturated heterocycles. The van der Waals surface area contributed by atoms with E-state index in [0.717, 1.165) is 34.7 Å². The fourth-order valence-electron chi connectivity index (χ4n) is 3.96. The molecule has 1 saturated carbocycles. The van der Waals surface area contributed by atoms with E-state index < -0.39 is 11.2 Å². The van der Waals surface area contributed by atoms with Crippen LogP contribution in [0.5, 0.6) is 0 Å². The first-order chi connectivity index (χ1) is 15.3. The molecular weight excluding hydrogens is 494 g/mol. The number of aromatic nitrogens is 4. The van der Waals surface area contributed by atoms with Crippen LogP contribution in [0, 0.1) is 0 Å². The van der Waals surface area contributed by atoms with Gasteiger partial charge in [-0.25, -0.2) is 14.8 Å². The monoisotopic (exact) mass is 517 g/mol. The highest BCUT2D eigenvalue weighted by atomic mass is 79.9. The lowest BCUT2D eigenvalue weighted by molar-refractivity contribution is -0.113. The van der Waals surface area contributed by atoms with Gasteiger partial charge < -0.3 is 5.32 Å². The molecule has 1 aromatic carbocycles. The number of nitrogens with one attached hydrogen (secondary N) is 1. The molecule has 0 unspecified atom stereocenters. The standard InChI is InChI=1S/C22H24BrN5O3S/c1-27-19-17(21(30)28(2)22(27)31)20(26-18(25-19)13-6-4-3-5-7-13)32-12-16(29)24-15-10-8-14(23)9-11-15/h8-11,13H,3-7,12H2,1-2H3,(H,24,29). The Bertz CT molecular complexity index is 1280. The Morgan fingerprint density at radius 2 is 1.78 bits per heavy atom. The molecule has 1 amide bonds. The molecule has 2 heterocycles. The molecule has 1 aliphatic carbocycles. The van der Waals surface area contributed by atoms with Crippen molar-refractivity contribution in [1.29, 1.82) is 0 Å². The number of thioether (sulfide) groups is 1. The molecule has 168 valence electrons. The van der Waals surface area contributed by atoms with Gasteiger partial charge in [-0.3, -0.25) is 18.7 Å². The largest absolute Gasteiger partial charge is 0.332 e. The molecule has 0 spiro atoms. The van der Waals surface area contributed by atoms with E-state index >= 15 is 0 Å². The number of hydrogen-bond donors (Lipinski definition) is 1. The summed E-state index contributed by atoms with van der Waals surface area (Å²) in [5.74, 6) is 0.725. The predicted octanol–water partition coefficient (Wildman–Crippen LogP) is 3.57. The van der Waals surface area contributed by atoms with E-state index in [1.54, 1.807) is 19.2 Å². The number of fused-ring (bicyclic) bond motifs is 1. The molecule has 32 heavy (non-hydrogen) atoms. The lowest BCUT2D eigenvalue weighted by atomic mass is 9.89. The third-order valence-corrected chi connectivity index (χ3v) is 7.23. The van der Waals surface area contributed by atoms with E-state index in [2.05, 4.69) is 26.2 Å². The van der Waals surface area contributed by atoms with Gasteiger partial charge in [-0.15, -0.1) is 0 Å². The number of rotatable bonds is 5. The fraction of sp³-hybridized carbons (Fsp3) is 0.409. The minimum atomic E-state index is -0.450. The molecule has 0 aliphatic heterocycles. The summed E-state index contributed by atoms with van der Waals surface area (Å²) in [5, 5.41) is 3.57. The van der Waals surface area contributed by atoms with Gasteiger partial charge in [0, 0.05) is 30.2 Å². The quantitative estimate of drug-likeness (QED) is 0.410. The fourth-order valence-corrected chi connectivity index (χ4v) is 5.04. The van der Waals surface area contributed by atoms with Crippen LogP contribution in [-0.4, -0.2) is 30.8 Å². The number of halogens is 1. The summed E-state index contributed by atoms with van der Waals surface area (Å²) in [7, 11) is 3.05. The number of anilines is 1. The highest BCUT2D eigenvalue weighted by molar-refractivity contribution is 9.10. The molecule has 0 bridgehead atoms. The van der Waals surface area contributed by atoms with Gasteiger partial charge in [-0.05, 0) is 37.1 Å². The van der Waals surface area contributed by atoms with E-state index in [0.29, 0.717) is 22.2 Å². The lowest BCUT2D eigenvalue weighted by Crippen LogP contribution is -2.38. The minimum absolute atomic E-state index is 0.0816. The van der Waals surface area contributed by atoms with Crippen molar-refractivity contribution in [2.75, 3.05) is 11.1 Å². The Morgan fingerprint density at radius 3 is 2.47 bits per heavy atom. The summed E-state index contributed by atoms with van der Waals surface area (Å²) < 4.78 is 3.36. The van der Waals surface area contributed by atoms with Crippen molar-refractivity contribution in [3.63, 3.8) is 0 Å². The number of aryl methyl sites for hydroxylation is 1. The zero-order chi connectivity index (χ0) is 22.8. The second-order valence-electron chi connectivity index (χ2n) is 7.97. The van der Waals surface area contributed by atoms with Crippen molar-refractivity contribution in [2.24, 2.45) is 14.1 Å². The first-order valence-corrected chi connectivity index (χ1v) is 12.3. The molecular formula is C22H24BrN5O3S. The van der Waals surface area contributed by atoms with E-state index in [1.807, 2.05) is 12.1 Å². The number of hydrogen-bond acceptors (Lipinski definition) is 6. The van der Waals surface area contributed by atoms with Gasteiger partial charge in [0.25, 0.3) is 5.56 Å². The van der Waals surface area contributed by atoms with E-state index in [1.165, 1.54) is 29.8 Å². The van der Waals surface area contributed by atoms with Gasteiger partial charge >= 0.3 is 5.69 Å². The van der Waals surface area contributed by atoms with E-state index in [4.69, 9.17) is 4.98 Å². The smallest absolute Gasteiger partial charge is 0.325 e. The first kappa shape index (κ1) is 22.7. The second kappa shape index (κ2) is 9.58. The third-order valence-electron chi connectivity index (χ3n) is 5.72. The average Bonchev–Trinajstić information content (AvgIpc) is 2.81. The number of amides is 1. The summed E-state index contributed by atoms with van der Waals surface area (Å²) in [6.07, 6.45) is 5.39. The van der Waals surface area contributed by atoms with Gasteiger partial charge in [-0.1, -0.05) is 47.0 Å². The summed E-state index contributed by atoms with van der Waals surface area (Å²) in [6.45, 7) is 0. The van der Waals surface area contributed by atoms with Crippen LogP contribution in [-0.2, 0) is 18.9 Å². The highest BCUT2D eigenvalue weighted by Gasteiger charge is 2.23. The molecule has 0 radical (unpaired) electrons. The molecule has 2 aromatic heterocycles. The Labute approximate surface area is 197 Å². The maximum atomic E-state index is 12.9. The van der Waals surface area contributed by atoms with Crippen molar-refractivity contribution >= 4 is 50.3 Å². The molecule has 1 N–H and O–H groups in total. The second-order valence-corrected chi connectivity index (χ2v) is 9.85. The van der Waals surface area contributed by atoms with Crippen LogP contribution in [0.2, 0.25) is 0 Å². The maximum Gasteiger partial charge on any atom is 0.332 e. The van der Waals surface area contributed by atoms with Gasteiger partial charge in [-0.2, -0.15) is 0 Å². The normalized spacial score (nSPS) is 14.6. The zero-order valence-corrected chi connectivity index (χ0v) is 20.3. The zero-order valence-electron chi connectivity index (χ0n) is 17.9. The number of carbonyl (C=O) groups is 1. The molecule has 10 heteroatoms. The topological polar surface area (TPSA) is 98.9 Å². The Balaban J connectivity index is 1.69. The lowest BCUT2D eigenvalue weighted by Gasteiger charge is -2.21. The number of carbonyl (C=O) groups excluding carboxylic acids is 1. The molecule has 8 nitrogen and oxygen atoms in total. The summed E-state index contributed by atoms with van der Waals surface area (Å²) in [6, 6.07) is 7.31. The Hall–Kier alpha value is -2.46. The van der Waals surface area contributed by atoms with E-state index in [9.17, 15) is 14.4 Å². The van der Waals surface area contributed by atoms with Crippen LogP contribution in [0.3, 0.4) is 0 Å². The van der Waals surface area contributed by atoms with Crippen molar-refractivity contribution in [3.8, 4) is 0 Å². The minimum Gasteiger partial charge on any atom is -0.325 e.